The molecule has 1 aromatic heterocycles. The third-order valence-electron chi connectivity index (χ3n) is 2.11. The summed E-state index contributed by atoms with van der Waals surface area (Å²) in [5, 5.41) is 2.69. The zero-order valence-corrected chi connectivity index (χ0v) is 11.8. The van der Waals surface area contributed by atoms with Crippen molar-refractivity contribution in [2.24, 2.45) is 0 Å². The van der Waals surface area contributed by atoms with Crippen LogP contribution in [0.1, 0.15) is 0 Å². The molecule has 0 bridgehead atoms. The summed E-state index contributed by atoms with van der Waals surface area (Å²) in [6.45, 7) is 0.999. The molecule has 0 aromatic carbocycles. The third-order valence-corrected chi connectivity index (χ3v) is 2.28. The van der Waals surface area contributed by atoms with E-state index in [1.807, 2.05) is 0 Å². The molecule has 1 heterocycles. The number of ether oxygens (including phenoxy) is 2. The lowest BCUT2D eigenvalue weighted by atomic mass is 10.5. The Labute approximate surface area is 116 Å². The Bertz CT molecular complexity index is 432. The molecule has 106 valence electrons. The second-order valence-corrected chi connectivity index (χ2v) is 3.93. The molecule has 0 aliphatic rings. The summed E-state index contributed by atoms with van der Waals surface area (Å²) in [6.07, 6.45) is 0. The van der Waals surface area contributed by atoms with E-state index in [1.165, 1.54) is 12.0 Å². The minimum Gasteiger partial charge on any atom is -0.467 e. The average molecular weight is 290 g/mol. The second kappa shape index (κ2) is 7.70. The maximum absolute atomic E-state index is 11.6. The van der Waals surface area contributed by atoms with E-state index >= 15 is 0 Å². The molecule has 0 saturated carbocycles. The van der Waals surface area contributed by atoms with Crippen molar-refractivity contribution < 1.29 is 14.3 Å². The minimum atomic E-state index is -0.171. The van der Waals surface area contributed by atoms with Gasteiger partial charge in [-0.25, -0.2) is 0 Å². The van der Waals surface area contributed by atoms with E-state index in [-0.39, 0.29) is 29.7 Å². The van der Waals surface area contributed by atoms with Crippen molar-refractivity contribution in [3.63, 3.8) is 0 Å². The number of anilines is 1. The van der Waals surface area contributed by atoms with Gasteiger partial charge in [-0.15, -0.1) is 0 Å². The van der Waals surface area contributed by atoms with Gasteiger partial charge in [0.1, 0.15) is 0 Å². The number of aromatic nitrogens is 3. The van der Waals surface area contributed by atoms with Gasteiger partial charge in [0.25, 0.3) is 0 Å². The van der Waals surface area contributed by atoms with Crippen LogP contribution in [-0.4, -0.2) is 61.8 Å². The summed E-state index contributed by atoms with van der Waals surface area (Å²) in [4.78, 5) is 24.8. The van der Waals surface area contributed by atoms with Gasteiger partial charge in [-0.3, -0.25) is 4.79 Å². The van der Waals surface area contributed by atoms with Crippen LogP contribution in [0.2, 0.25) is 5.28 Å². The summed E-state index contributed by atoms with van der Waals surface area (Å²) in [7, 11) is 4.66. The van der Waals surface area contributed by atoms with Crippen LogP contribution in [0, 0.1) is 0 Å². The zero-order valence-electron chi connectivity index (χ0n) is 11.0. The lowest BCUT2D eigenvalue weighted by Gasteiger charge is -2.16. The number of methoxy groups -OCH3 is 2. The van der Waals surface area contributed by atoms with Crippen LogP contribution in [0.5, 0.6) is 6.01 Å². The van der Waals surface area contributed by atoms with Gasteiger partial charge in [0.15, 0.2) is 0 Å². The Morgan fingerprint density at radius 1 is 1.37 bits per heavy atom. The maximum atomic E-state index is 11.6. The van der Waals surface area contributed by atoms with Crippen LogP contribution in [-0.2, 0) is 9.53 Å². The highest BCUT2D eigenvalue weighted by atomic mass is 35.5. The van der Waals surface area contributed by atoms with Crippen LogP contribution in [0.3, 0.4) is 0 Å². The molecule has 1 aromatic rings. The molecule has 9 heteroatoms. The molecule has 1 rings (SSSR count). The van der Waals surface area contributed by atoms with Crippen LogP contribution < -0.4 is 15.0 Å². The number of nitrogens with zero attached hydrogens (tertiary/aromatic N) is 4. The molecule has 0 unspecified atom stereocenters. The van der Waals surface area contributed by atoms with Crippen LogP contribution in [0.25, 0.3) is 0 Å². The number of rotatable bonds is 7. The number of hydrogen-bond acceptors (Lipinski definition) is 7. The molecule has 0 radical (unpaired) electrons. The van der Waals surface area contributed by atoms with Gasteiger partial charge in [0, 0.05) is 20.7 Å². The van der Waals surface area contributed by atoms with Crippen LogP contribution >= 0.6 is 11.6 Å². The maximum Gasteiger partial charge on any atom is 0.322 e. The van der Waals surface area contributed by atoms with Crippen molar-refractivity contribution in [3.05, 3.63) is 5.28 Å². The number of amides is 1. The van der Waals surface area contributed by atoms with Gasteiger partial charge in [-0.1, -0.05) is 0 Å². The van der Waals surface area contributed by atoms with E-state index in [0.29, 0.717) is 13.2 Å². The third kappa shape index (κ3) is 5.23. The minimum absolute atomic E-state index is 0.00786. The molecule has 0 aliphatic carbocycles. The summed E-state index contributed by atoms with van der Waals surface area (Å²) in [6, 6.07) is 0.0987. The van der Waals surface area contributed by atoms with Crippen molar-refractivity contribution in [2.45, 2.75) is 0 Å². The first-order chi connectivity index (χ1) is 9.06. The Balaban J connectivity index is 2.59. The summed E-state index contributed by atoms with van der Waals surface area (Å²) in [5.41, 5.74) is 0. The number of nitrogens with one attached hydrogen (secondary N) is 1. The largest absolute Gasteiger partial charge is 0.467 e. The van der Waals surface area contributed by atoms with E-state index in [4.69, 9.17) is 21.1 Å². The molecule has 0 atom stereocenters. The number of halogens is 1. The molecular weight excluding hydrogens is 274 g/mol. The predicted molar refractivity (Wildman–Crippen MR) is 69.5 cm³/mol. The van der Waals surface area contributed by atoms with Crippen molar-refractivity contribution >= 4 is 23.5 Å². The van der Waals surface area contributed by atoms with Crippen molar-refractivity contribution in [2.75, 3.05) is 45.9 Å². The quantitative estimate of drug-likeness (QED) is 0.691. The van der Waals surface area contributed by atoms with Gasteiger partial charge < -0.3 is 19.7 Å². The SMILES string of the molecule is COCCNC(=O)CN(C)c1nc(Cl)nc(OC)n1. The molecule has 0 spiro atoms. The van der Waals surface area contributed by atoms with Gasteiger partial charge in [-0.2, -0.15) is 15.0 Å². The van der Waals surface area contributed by atoms with Crippen LogP contribution in [0.15, 0.2) is 0 Å². The second-order valence-electron chi connectivity index (χ2n) is 3.59. The highest BCUT2D eigenvalue weighted by Crippen LogP contribution is 2.13. The molecule has 1 N–H and O–H groups in total. The number of carbonyl (C=O) groups excluding carboxylic acids is 1. The molecule has 1 amide bonds. The zero-order chi connectivity index (χ0) is 14.3. The van der Waals surface area contributed by atoms with Gasteiger partial charge >= 0.3 is 6.01 Å². The lowest BCUT2D eigenvalue weighted by Crippen LogP contribution is -2.37. The molecule has 0 aliphatic heterocycles. The van der Waals surface area contributed by atoms with Crippen molar-refractivity contribution in [1.29, 1.82) is 0 Å². The van der Waals surface area contributed by atoms with Crippen molar-refractivity contribution in [1.82, 2.24) is 20.3 Å². The Morgan fingerprint density at radius 2 is 2.11 bits per heavy atom. The summed E-state index contributed by atoms with van der Waals surface area (Å²) >= 11 is 5.73. The topological polar surface area (TPSA) is 89.5 Å². The Morgan fingerprint density at radius 3 is 2.74 bits per heavy atom. The van der Waals surface area contributed by atoms with Gasteiger partial charge in [-0.05, 0) is 11.6 Å². The van der Waals surface area contributed by atoms with Crippen molar-refractivity contribution in [3.8, 4) is 6.01 Å². The Kier molecular flexibility index (Phi) is 6.23. The molecule has 8 nitrogen and oxygen atoms in total. The first-order valence-electron chi connectivity index (χ1n) is 5.49. The van der Waals surface area contributed by atoms with Gasteiger partial charge in [0.2, 0.25) is 17.1 Å². The molecule has 0 saturated heterocycles. The summed E-state index contributed by atoms with van der Waals surface area (Å²) < 4.78 is 9.71. The first-order valence-corrected chi connectivity index (χ1v) is 5.87. The monoisotopic (exact) mass is 289 g/mol. The lowest BCUT2D eigenvalue weighted by molar-refractivity contribution is -0.119. The number of carbonyl (C=O) groups is 1. The fraction of sp³-hybridized carbons (Fsp3) is 0.600. The van der Waals surface area contributed by atoms with E-state index in [0.717, 1.165) is 0 Å². The van der Waals surface area contributed by atoms with Crippen LogP contribution in [0.4, 0.5) is 5.95 Å². The number of hydrogen-bond donors (Lipinski definition) is 1. The molecule has 0 fully saturated rings. The molecular formula is C10H16ClN5O3. The highest BCUT2D eigenvalue weighted by molar-refractivity contribution is 6.28. The van der Waals surface area contributed by atoms with E-state index in [1.54, 1.807) is 14.2 Å². The Hall–Kier alpha value is -1.67. The standard InChI is InChI=1S/C10H16ClN5O3/c1-16(6-7(17)12-4-5-18-2)9-13-8(11)14-10(15-9)19-3/h4-6H2,1-3H3,(H,12,17). The van der Waals surface area contributed by atoms with Gasteiger partial charge in [0.05, 0.1) is 20.3 Å². The molecule has 19 heavy (non-hydrogen) atoms. The van der Waals surface area contributed by atoms with E-state index < -0.39 is 0 Å². The highest BCUT2D eigenvalue weighted by Gasteiger charge is 2.12. The summed E-state index contributed by atoms with van der Waals surface area (Å²) in [5.74, 6) is 0.0915. The van der Waals surface area contributed by atoms with E-state index in [9.17, 15) is 4.79 Å². The first kappa shape index (κ1) is 15.4. The fourth-order valence-electron chi connectivity index (χ4n) is 1.22. The average Bonchev–Trinajstić information content (AvgIpc) is 2.38. The predicted octanol–water partition coefficient (Wildman–Crippen LogP) is -0.268. The number of likely N-dealkylation sites (N-methyl/N-ethyl adjacent to an activating group) is 1. The van der Waals surface area contributed by atoms with E-state index in [2.05, 4.69) is 20.3 Å². The normalized spacial score (nSPS) is 10.1. The fourth-order valence-corrected chi connectivity index (χ4v) is 1.37. The smallest absolute Gasteiger partial charge is 0.322 e.